The monoisotopic (exact) mass is 401 g/mol. The van der Waals surface area contributed by atoms with Gasteiger partial charge in [0.25, 0.3) is 0 Å². The first-order valence-electron chi connectivity index (χ1n) is 9.87. The van der Waals surface area contributed by atoms with Crippen molar-refractivity contribution >= 4 is 13.7 Å². The van der Waals surface area contributed by atoms with E-state index >= 15 is 0 Å². The Bertz CT molecular complexity index is 497. The topological polar surface area (TPSA) is 95.9 Å². The minimum atomic E-state index is -4.44. The highest BCUT2D eigenvalue weighted by Gasteiger charge is 2.12. The number of carbonyl (C=O) groups is 1. The van der Waals surface area contributed by atoms with E-state index in [-0.39, 0.29) is 19.1 Å². The van der Waals surface area contributed by atoms with E-state index in [1.54, 1.807) is 0 Å². The van der Waals surface area contributed by atoms with Crippen molar-refractivity contribution in [3.63, 3.8) is 0 Å². The van der Waals surface area contributed by atoms with Crippen LogP contribution in [-0.2, 0) is 13.9 Å². The third kappa shape index (κ3) is 22.8. The second kappa shape index (κ2) is 18.2. The van der Waals surface area contributed by atoms with Gasteiger partial charge in [-0.2, -0.15) is 0 Å². The average molecular weight is 401 g/mol. The van der Waals surface area contributed by atoms with Crippen LogP contribution in [0.1, 0.15) is 71.1 Å². The molecule has 7 heteroatoms. The lowest BCUT2D eigenvalue weighted by Crippen LogP contribution is -2.26. The van der Waals surface area contributed by atoms with Crippen molar-refractivity contribution in [1.82, 2.24) is 5.32 Å². The van der Waals surface area contributed by atoms with E-state index in [2.05, 4.69) is 53.2 Å². The molecule has 6 nitrogen and oxygen atoms in total. The summed E-state index contributed by atoms with van der Waals surface area (Å²) in [5.74, 6) is -0.106. The van der Waals surface area contributed by atoms with E-state index in [1.807, 2.05) is 0 Å². The summed E-state index contributed by atoms with van der Waals surface area (Å²) in [6, 6.07) is 0. The maximum Gasteiger partial charge on any atom is 0.469 e. The van der Waals surface area contributed by atoms with Gasteiger partial charge in [0.2, 0.25) is 5.91 Å². The quantitative estimate of drug-likeness (QED) is 0.185. The minimum absolute atomic E-state index is 0.106. The fourth-order valence-electron chi connectivity index (χ4n) is 2.35. The normalized spacial score (nSPS) is 12.6. The number of carbonyl (C=O) groups excluding carboxylic acids is 1. The lowest BCUT2D eigenvalue weighted by atomic mass is 10.1. The van der Waals surface area contributed by atoms with Gasteiger partial charge in [0.15, 0.2) is 0 Å². The molecule has 0 saturated heterocycles. The summed E-state index contributed by atoms with van der Waals surface area (Å²) in [6.45, 7) is 2.06. The summed E-state index contributed by atoms with van der Waals surface area (Å²) < 4.78 is 14.7. The standard InChI is InChI=1S/C20H36NO5P/c1-2-3-4-5-6-7-8-9-10-11-12-13-14-15-16-17-20(22)21-18-19-26-27(23,24)25/h3-4,6-7,9-10H,2,5,8,11-19H2,1H3,(H,21,22)(H2,23,24,25)/b4-3?,7-6?,10-9-. The van der Waals surface area contributed by atoms with E-state index in [9.17, 15) is 9.36 Å². The van der Waals surface area contributed by atoms with Crippen molar-refractivity contribution < 1.29 is 23.7 Å². The summed E-state index contributed by atoms with van der Waals surface area (Å²) in [5.41, 5.74) is 0. The zero-order valence-electron chi connectivity index (χ0n) is 16.5. The fraction of sp³-hybridized carbons (Fsp3) is 0.650. The Kier molecular flexibility index (Phi) is 17.4. The van der Waals surface area contributed by atoms with E-state index in [4.69, 9.17) is 9.79 Å². The summed E-state index contributed by atoms with van der Waals surface area (Å²) in [4.78, 5) is 28.5. The summed E-state index contributed by atoms with van der Waals surface area (Å²) in [7, 11) is -4.44. The summed E-state index contributed by atoms with van der Waals surface area (Å²) in [6.07, 6.45) is 23.1. The van der Waals surface area contributed by atoms with Gasteiger partial charge in [-0.1, -0.05) is 62.6 Å². The van der Waals surface area contributed by atoms with Gasteiger partial charge in [-0.15, -0.1) is 0 Å². The van der Waals surface area contributed by atoms with Crippen molar-refractivity contribution in [2.24, 2.45) is 0 Å². The van der Waals surface area contributed by atoms with E-state index in [1.165, 1.54) is 12.8 Å². The molecule has 0 saturated carbocycles. The van der Waals surface area contributed by atoms with Crippen LogP contribution >= 0.6 is 7.82 Å². The van der Waals surface area contributed by atoms with Crippen molar-refractivity contribution in [1.29, 1.82) is 0 Å². The number of phosphoric ester groups is 1. The highest BCUT2D eigenvalue weighted by Crippen LogP contribution is 2.35. The Hall–Kier alpha value is -1.20. The number of nitrogens with one attached hydrogen (secondary N) is 1. The third-order valence-electron chi connectivity index (χ3n) is 3.74. The van der Waals surface area contributed by atoms with Gasteiger partial charge in [-0.3, -0.25) is 9.32 Å². The molecule has 0 aromatic rings. The largest absolute Gasteiger partial charge is 0.469 e. The van der Waals surface area contributed by atoms with Crippen LogP contribution in [0, 0.1) is 0 Å². The molecular weight excluding hydrogens is 365 g/mol. The molecule has 0 aromatic heterocycles. The van der Waals surface area contributed by atoms with Crippen LogP contribution in [0.5, 0.6) is 0 Å². The molecular formula is C20H36NO5P. The predicted molar refractivity (Wildman–Crippen MR) is 110 cm³/mol. The molecule has 0 fully saturated rings. The van der Waals surface area contributed by atoms with Gasteiger partial charge in [0, 0.05) is 13.0 Å². The van der Waals surface area contributed by atoms with E-state index < -0.39 is 7.82 Å². The van der Waals surface area contributed by atoms with Gasteiger partial charge < -0.3 is 15.1 Å². The lowest BCUT2D eigenvalue weighted by molar-refractivity contribution is -0.121. The van der Waals surface area contributed by atoms with Gasteiger partial charge in [-0.05, 0) is 38.5 Å². The second-order valence-electron chi connectivity index (χ2n) is 6.27. The Balaban J connectivity index is 3.37. The lowest BCUT2D eigenvalue weighted by Gasteiger charge is -2.07. The Morgan fingerprint density at radius 2 is 1.52 bits per heavy atom. The van der Waals surface area contributed by atoms with Crippen molar-refractivity contribution in [3.05, 3.63) is 36.5 Å². The fourth-order valence-corrected chi connectivity index (χ4v) is 2.68. The van der Waals surface area contributed by atoms with Gasteiger partial charge >= 0.3 is 7.82 Å². The molecule has 0 atom stereocenters. The summed E-state index contributed by atoms with van der Waals surface area (Å²) in [5, 5.41) is 2.58. The highest BCUT2D eigenvalue weighted by molar-refractivity contribution is 7.46. The molecule has 0 heterocycles. The SMILES string of the molecule is CCC=CCC=CC/C=C\CCCCCCCC(=O)NCCOP(=O)(O)O. The molecule has 0 aromatic carbocycles. The molecule has 0 bridgehead atoms. The molecule has 0 spiro atoms. The first-order valence-corrected chi connectivity index (χ1v) is 11.4. The van der Waals surface area contributed by atoms with Gasteiger partial charge in [-0.25, -0.2) is 4.57 Å². The van der Waals surface area contributed by atoms with Crippen LogP contribution in [0.25, 0.3) is 0 Å². The second-order valence-corrected chi connectivity index (χ2v) is 7.51. The number of hydrogen-bond donors (Lipinski definition) is 3. The number of hydrogen-bond acceptors (Lipinski definition) is 3. The molecule has 27 heavy (non-hydrogen) atoms. The molecule has 0 aliphatic rings. The van der Waals surface area contributed by atoms with Crippen LogP contribution in [0.2, 0.25) is 0 Å². The molecule has 0 aliphatic carbocycles. The van der Waals surface area contributed by atoms with Crippen LogP contribution in [-0.4, -0.2) is 28.8 Å². The Morgan fingerprint density at radius 3 is 2.19 bits per heavy atom. The minimum Gasteiger partial charge on any atom is -0.354 e. The van der Waals surface area contributed by atoms with Crippen LogP contribution in [0.15, 0.2) is 36.5 Å². The number of rotatable bonds is 17. The molecule has 1 amide bonds. The number of unbranched alkanes of at least 4 members (excludes halogenated alkanes) is 5. The van der Waals surface area contributed by atoms with Gasteiger partial charge in [0.05, 0.1) is 6.61 Å². The first-order chi connectivity index (χ1) is 13.0. The first kappa shape index (κ1) is 25.8. The van der Waals surface area contributed by atoms with Crippen molar-refractivity contribution in [2.45, 2.75) is 71.1 Å². The van der Waals surface area contributed by atoms with Crippen molar-refractivity contribution in [3.8, 4) is 0 Å². The number of amides is 1. The molecule has 156 valence electrons. The molecule has 3 N–H and O–H groups in total. The molecule has 0 aliphatic heterocycles. The summed E-state index contributed by atoms with van der Waals surface area (Å²) >= 11 is 0. The highest BCUT2D eigenvalue weighted by atomic mass is 31.2. The van der Waals surface area contributed by atoms with Crippen LogP contribution in [0.4, 0.5) is 0 Å². The number of allylic oxidation sites excluding steroid dienone is 6. The molecule has 0 radical (unpaired) electrons. The van der Waals surface area contributed by atoms with Crippen LogP contribution in [0.3, 0.4) is 0 Å². The maximum atomic E-state index is 11.5. The van der Waals surface area contributed by atoms with E-state index in [0.29, 0.717) is 6.42 Å². The smallest absolute Gasteiger partial charge is 0.354 e. The molecule has 0 rings (SSSR count). The zero-order valence-corrected chi connectivity index (χ0v) is 17.4. The molecule has 0 unspecified atom stereocenters. The Morgan fingerprint density at radius 1 is 0.926 bits per heavy atom. The number of phosphoric acid groups is 1. The maximum absolute atomic E-state index is 11.5. The Labute approximate surface area is 164 Å². The predicted octanol–water partition coefficient (Wildman–Crippen LogP) is 4.80. The average Bonchev–Trinajstić information content (AvgIpc) is 2.61. The van der Waals surface area contributed by atoms with Crippen molar-refractivity contribution in [2.75, 3.05) is 13.2 Å². The van der Waals surface area contributed by atoms with Gasteiger partial charge in [0.1, 0.15) is 0 Å². The zero-order chi connectivity index (χ0) is 20.2. The van der Waals surface area contributed by atoms with E-state index in [0.717, 1.165) is 44.9 Å². The third-order valence-corrected chi connectivity index (χ3v) is 4.26. The van der Waals surface area contributed by atoms with Crippen LogP contribution < -0.4 is 5.32 Å².